The molecule has 64 valence electrons. The molecule has 0 aromatic carbocycles. The fourth-order valence-corrected chi connectivity index (χ4v) is 1.52. The molecule has 1 N–H and O–H groups in total. The molecule has 0 aromatic rings. The Labute approximate surface area is 68.4 Å². The molecule has 0 aromatic heterocycles. The van der Waals surface area contributed by atoms with Crippen molar-refractivity contribution in [1.29, 1.82) is 0 Å². The van der Waals surface area contributed by atoms with Gasteiger partial charge in [0.05, 0.1) is 0 Å². The summed E-state index contributed by atoms with van der Waals surface area (Å²) in [6, 6.07) is 0. The van der Waals surface area contributed by atoms with Gasteiger partial charge in [0.1, 0.15) is 0 Å². The van der Waals surface area contributed by atoms with Gasteiger partial charge in [0, 0.05) is 13.0 Å². The summed E-state index contributed by atoms with van der Waals surface area (Å²) in [5.41, 5.74) is 0.289. The summed E-state index contributed by atoms with van der Waals surface area (Å²) in [5, 5.41) is 2.85. The zero-order chi connectivity index (χ0) is 8.48. The van der Waals surface area contributed by atoms with Gasteiger partial charge in [-0.1, -0.05) is 20.8 Å². The Morgan fingerprint density at radius 2 is 2.09 bits per heavy atom. The van der Waals surface area contributed by atoms with Gasteiger partial charge in [0.15, 0.2) is 0 Å². The van der Waals surface area contributed by atoms with Gasteiger partial charge in [-0.25, -0.2) is 0 Å². The van der Waals surface area contributed by atoms with Gasteiger partial charge in [0.2, 0.25) is 5.91 Å². The van der Waals surface area contributed by atoms with Crippen molar-refractivity contribution in [3.05, 3.63) is 0 Å². The predicted octanol–water partition coefficient (Wildman–Crippen LogP) is 1.56. The van der Waals surface area contributed by atoms with Crippen molar-refractivity contribution in [2.45, 2.75) is 33.6 Å². The van der Waals surface area contributed by atoms with Gasteiger partial charge >= 0.3 is 0 Å². The molecule has 2 nitrogen and oxygen atoms in total. The van der Waals surface area contributed by atoms with Crippen LogP contribution in [0.15, 0.2) is 0 Å². The molecule has 1 fully saturated rings. The number of carbonyl (C=O) groups excluding carboxylic acids is 1. The lowest BCUT2D eigenvalue weighted by Crippen LogP contribution is -2.38. The van der Waals surface area contributed by atoms with E-state index in [1.807, 2.05) is 0 Å². The SMILES string of the molecule is CC(C)(C)C1CCNC(=O)C1. The third-order valence-electron chi connectivity index (χ3n) is 2.47. The number of hydrogen-bond acceptors (Lipinski definition) is 1. The minimum atomic E-state index is 0.219. The molecule has 1 amide bonds. The van der Waals surface area contributed by atoms with E-state index in [4.69, 9.17) is 0 Å². The lowest BCUT2D eigenvalue weighted by atomic mass is 9.75. The van der Waals surface area contributed by atoms with Crippen LogP contribution >= 0.6 is 0 Å². The van der Waals surface area contributed by atoms with E-state index in [1.54, 1.807) is 0 Å². The molecule has 1 heterocycles. The van der Waals surface area contributed by atoms with Crippen molar-refractivity contribution < 1.29 is 4.79 Å². The quantitative estimate of drug-likeness (QED) is 0.565. The highest BCUT2D eigenvalue weighted by Gasteiger charge is 2.29. The first-order valence-electron chi connectivity index (χ1n) is 4.27. The number of carbonyl (C=O) groups is 1. The van der Waals surface area contributed by atoms with Crippen LogP contribution in [-0.2, 0) is 4.79 Å². The third-order valence-corrected chi connectivity index (χ3v) is 2.47. The summed E-state index contributed by atoms with van der Waals surface area (Å²) in [6.07, 6.45) is 1.85. The standard InChI is InChI=1S/C9H17NO/c1-9(2,3)7-4-5-10-8(11)6-7/h7H,4-6H2,1-3H3,(H,10,11). The Balaban J connectivity index is 2.53. The Morgan fingerprint density at radius 1 is 1.45 bits per heavy atom. The smallest absolute Gasteiger partial charge is 0.220 e. The molecule has 1 saturated heterocycles. The van der Waals surface area contributed by atoms with E-state index >= 15 is 0 Å². The Hall–Kier alpha value is -0.530. The van der Waals surface area contributed by atoms with E-state index in [-0.39, 0.29) is 11.3 Å². The maximum atomic E-state index is 11.0. The van der Waals surface area contributed by atoms with Crippen molar-refractivity contribution in [2.24, 2.45) is 11.3 Å². The zero-order valence-electron chi connectivity index (χ0n) is 7.61. The molecular formula is C9H17NO. The molecule has 0 aliphatic carbocycles. The third kappa shape index (κ3) is 2.21. The van der Waals surface area contributed by atoms with Crippen LogP contribution in [0.25, 0.3) is 0 Å². The largest absolute Gasteiger partial charge is 0.356 e. The van der Waals surface area contributed by atoms with E-state index < -0.39 is 0 Å². The molecule has 1 aliphatic heterocycles. The highest BCUT2D eigenvalue weighted by Crippen LogP contribution is 2.32. The molecule has 1 rings (SSSR count). The topological polar surface area (TPSA) is 29.1 Å². The van der Waals surface area contributed by atoms with Crippen LogP contribution in [0, 0.1) is 11.3 Å². The molecule has 0 spiro atoms. The molecule has 2 heteroatoms. The summed E-state index contributed by atoms with van der Waals surface area (Å²) < 4.78 is 0. The van der Waals surface area contributed by atoms with Crippen molar-refractivity contribution >= 4 is 5.91 Å². The Bertz CT molecular complexity index is 157. The van der Waals surface area contributed by atoms with E-state index in [0.717, 1.165) is 13.0 Å². The minimum Gasteiger partial charge on any atom is -0.356 e. The summed E-state index contributed by atoms with van der Waals surface area (Å²) in [6.45, 7) is 7.48. The molecule has 0 saturated carbocycles. The van der Waals surface area contributed by atoms with Crippen molar-refractivity contribution in [3.63, 3.8) is 0 Å². The molecule has 1 unspecified atom stereocenters. The first-order chi connectivity index (χ1) is 5.00. The maximum Gasteiger partial charge on any atom is 0.220 e. The molecule has 0 radical (unpaired) electrons. The lowest BCUT2D eigenvalue weighted by molar-refractivity contribution is -0.124. The normalized spacial score (nSPS) is 26.5. The Morgan fingerprint density at radius 3 is 2.45 bits per heavy atom. The monoisotopic (exact) mass is 155 g/mol. The Kier molecular flexibility index (Phi) is 2.21. The van der Waals surface area contributed by atoms with Crippen LogP contribution in [0.1, 0.15) is 33.6 Å². The summed E-state index contributed by atoms with van der Waals surface area (Å²) in [4.78, 5) is 11.0. The number of amides is 1. The van der Waals surface area contributed by atoms with E-state index in [2.05, 4.69) is 26.1 Å². The minimum absolute atomic E-state index is 0.219. The number of rotatable bonds is 0. The predicted molar refractivity (Wildman–Crippen MR) is 45.2 cm³/mol. The van der Waals surface area contributed by atoms with Gasteiger partial charge in [-0.15, -0.1) is 0 Å². The number of hydrogen-bond donors (Lipinski definition) is 1. The second kappa shape index (κ2) is 2.84. The van der Waals surface area contributed by atoms with Crippen molar-refractivity contribution in [2.75, 3.05) is 6.54 Å². The second-order valence-corrected chi connectivity index (χ2v) is 4.41. The van der Waals surface area contributed by atoms with Gasteiger partial charge in [-0.2, -0.15) is 0 Å². The number of nitrogens with one attached hydrogen (secondary N) is 1. The number of piperidine rings is 1. The summed E-state index contributed by atoms with van der Waals surface area (Å²) in [5.74, 6) is 0.785. The van der Waals surface area contributed by atoms with E-state index in [9.17, 15) is 4.79 Å². The van der Waals surface area contributed by atoms with Crippen LogP contribution < -0.4 is 5.32 Å². The van der Waals surface area contributed by atoms with Crippen LogP contribution in [0.5, 0.6) is 0 Å². The molecule has 1 aliphatic rings. The molecular weight excluding hydrogens is 138 g/mol. The fourth-order valence-electron chi connectivity index (χ4n) is 1.52. The van der Waals surface area contributed by atoms with E-state index in [1.165, 1.54) is 0 Å². The van der Waals surface area contributed by atoms with Gasteiger partial charge in [0.25, 0.3) is 0 Å². The fraction of sp³-hybridized carbons (Fsp3) is 0.889. The van der Waals surface area contributed by atoms with Gasteiger partial charge < -0.3 is 5.32 Å². The average molecular weight is 155 g/mol. The molecule has 11 heavy (non-hydrogen) atoms. The van der Waals surface area contributed by atoms with Gasteiger partial charge in [-0.3, -0.25) is 4.79 Å². The van der Waals surface area contributed by atoms with Gasteiger partial charge in [-0.05, 0) is 17.8 Å². The van der Waals surface area contributed by atoms with Crippen LogP contribution in [0.2, 0.25) is 0 Å². The molecule has 1 atom stereocenters. The zero-order valence-corrected chi connectivity index (χ0v) is 7.61. The van der Waals surface area contributed by atoms with Crippen molar-refractivity contribution in [1.82, 2.24) is 5.32 Å². The summed E-state index contributed by atoms with van der Waals surface area (Å²) in [7, 11) is 0. The highest BCUT2D eigenvalue weighted by atomic mass is 16.1. The first-order valence-corrected chi connectivity index (χ1v) is 4.27. The molecule has 0 bridgehead atoms. The van der Waals surface area contributed by atoms with Crippen LogP contribution in [0.4, 0.5) is 0 Å². The van der Waals surface area contributed by atoms with Crippen LogP contribution in [0.3, 0.4) is 0 Å². The first kappa shape index (κ1) is 8.57. The van der Waals surface area contributed by atoms with Crippen LogP contribution in [-0.4, -0.2) is 12.5 Å². The summed E-state index contributed by atoms with van der Waals surface area (Å²) >= 11 is 0. The average Bonchev–Trinajstić information content (AvgIpc) is 1.86. The second-order valence-electron chi connectivity index (χ2n) is 4.41. The maximum absolute atomic E-state index is 11.0. The highest BCUT2D eigenvalue weighted by molar-refractivity contribution is 5.76. The lowest BCUT2D eigenvalue weighted by Gasteiger charge is -2.33. The van der Waals surface area contributed by atoms with Crippen molar-refractivity contribution in [3.8, 4) is 0 Å². The van der Waals surface area contributed by atoms with E-state index in [0.29, 0.717) is 12.3 Å².